The summed E-state index contributed by atoms with van der Waals surface area (Å²) < 4.78 is 17.1. The molecule has 3 aromatic rings. The van der Waals surface area contributed by atoms with E-state index in [1.165, 1.54) is 0 Å². The largest absolute Gasteiger partial charge is 0.497 e. The number of rotatable bonds is 6. The molecule has 36 heavy (non-hydrogen) atoms. The molecule has 1 amide bonds. The Morgan fingerprint density at radius 3 is 2.92 bits per heavy atom. The van der Waals surface area contributed by atoms with Crippen LogP contribution in [0, 0.1) is 5.92 Å². The van der Waals surface area contributed by atoms with Crippen molar-refractivity contribution >= 4 is 17.5 Å². The molecule has 0 aliphatic carbocycles. The zero-order valence-corrected chi connectivity index (χ0v) is 21.5. The minimum Gasteiger partial charge on any atom is -0.497 e. The number of hydrogen-bond donors (Lipinski definition) is 1. The van der Waals surface area contributed by atoms with Gasteiger partial charge in [-0.25, -0.2) is 0 Å². The predicted molar refractivity (Wildman–Crippen MR) is 136 cm³/mol. The summed E-state index contributed by atoms with van der Waals surface area (Å²) in [5.41, 5.74) is 1.31. The van der Waals surface area contributed by atoms with Gasteiger partial charge < -0.3 is 19.3 Å². The van der Waals surface area contributed by atoms with Gasteiger partial charge in [-0.2, -0.15) is 4.98 Å². The molecule has 1 N–H and O–H groups in total. The first-order valence-corrected chi connectivity index (χ1v) is 12.7. The highest BCUT2D eigenvalue weighted by molar-refractivity contribution is 6.33. The van der Waals surface area contributed by atoms with E-state index in [2.05, 4.69) is 20.4 Å². The maximum absolute atomic E-state index is 13.4. The van der Waals surface area contributed by atoms with E-state index in [9.17, 15) is 4.79 Å². The third-order valence-corrected chi connectivity index (χ3v) is 7.14. The molecule has 2 atom stereocenters. The Morgan fingerprint density at radius 2 is 2.11 bits per heavy atom. The smallest absolute Gasteiger partial charge is 0.241 e. The number of piperidine rings is 1. The van der Waals surface area contributed by atoms with Crippen LogP contribution in [0.5, 0.6) is 11.5 Å². The third kappa shape index (κ3) is 5.34. The number of fused-ring (bicyclic) bond motifs is 1. The van der Waals surface area contributed by atoms with Crippen LogP contribution in [-0.4, -0.2) is 46.7 Å². The Morgan fingerprint density at radius 1 is 1.28 bits per heavy atom. The molecule has 0 spiro atoms. The number of nitrogens with zero attached hydrogens (tertiary/aromatic N) is 3. The van der Waals surface area contributed by atoms with Crippen LogP contribution in [-0.2, 0) is 11.3 Å². The number of carbonyl (C=O) groups is 1. The van der Waals surface area contributed by atoms with E-state index in [-0.39, 0.29) is 23.5 Å². The normalized spacial score (nSPS) is 21.3. The Kier molecular flexibility index (Phi) is 6.90. The molecule has 1 aromatic heterocycles. The second-order valence-electron chi connectivity index (χ2n) is 10.1. The van der Waals surface area contributed by atoms with Crippen molar-refractivity contribution in [3.8, 4) is 22.9 Å². The maximum atomic E-state index is 13.4. The second kappa shape index (κ2) is 10.1. The lowest BCUT2D eigenvalue weighted by Crippen LogP contribution is -2.46. The van der Waals surface area contributed by atoms with Gasteiger partial charge in [0, 0.05) is 24.1 Å². The monoisotopic (exact) mass is 510 g/mol. The van der Waals surface area contributed by atoms with Crippen molar-refractivity contribution < 1.29 is 18.8 Å². The standard InChI is InChI=1S/C27H31ClN4O4/c1-27(2)14-22(20-13-18(34-3)10-11-23(20)35-27)29-26(33)17-7-6-12-32(15-17)16-24-30-25(31-36-24)19-8-4-5-9-21(19)28/h4-5,8-11,13,17,22H,6-7,12,14-16H2,1-3H3,(H,29,33). The predicted octanol–water partition coefficient (Wildman–Crippen LogP) is 5.03. The van der Waals surface area contributed by atoms with E-state index in [0.717, 1.165) is 42.0 Å². The Labute approximate surface area is 215 Å². The van der Waals surface area contributed by atoms with E-state index in [1.807, 2.05) is 50.2 Å². The average Bonchev–Trinajstić information content (AvgIpc) is 3.31. The molecule has 5 rings (SSSR count). The quantitative estimate of drug-likeness (QED) is 0.497. The maximum Gasteiger partial charge on any atom is 0.241 e. The summed E-state index contributed by atoms with van der Waals surface area (Å²) in [6.07, 6.45) is 2.45. The highest BCUT2D eigenvalue weighted by Gasteiger charge is 2.36. The summed E-state index contributed by atoms with van der Waals surface area (Å²) in [6, 6.07) is 13.0. The summed E-state index contributed by atoms with van der Waals surface area (Å²) in [6.45, 7) is 6.09. The van der Waals surface area contributed by atoms with Gasteiger partial charge in [0.15, 0.2) is 0 Å². The molecule has 1 saturated heterocycles. The van der Waals surface area contributed by atoms with E-state index in [1.54, 1.807) is 13.2 Å². The molecule has 1 fully saturated rings. The topological polar surface area (TPSA) is 89.7 Å². The number of amides is 1. The van der Waals surface area contributed by atoms with Crippen LogP contribution in [0.4, 0.5) is 0 Å². The van der Waals surface area contributed by atoms with E-state index in [0.29, 0.717) is 36.2 Å². The van der Waals surface area contributed by atoms with Crippen LogP contribution in [0.15, 0.2) is 47.0 Å². The van der Waals surface area contributed by atoms with E-state index < -0.39 is 0 Å². The van der Waals surface area contributed by atoms with Gasteiger partial charge in [-0.05, 0) is 63.6 Å². The zero-order chi connectivity index (χ0) is 25.3. The van der Waals surface area contributed by atoms with Crippen molar-refractivity contribution in [1.82, 2.24) is 20.4 Å². The molecule has 2 aromatic carbocycles. The number of nitrogens with one attached hydrogen (secondary N) is 1. The fraction of sp³-hybridized carbons (Fsp3) is 0.444. The van der Waals surface area contributed by atoms with Gasteiger partial charge in [-0.15, -0.1) is 0 Å². The molecule has 9 heteroatoms. The molecular weight excluding hydrogens is 480 g/mol. The summed E-state index contributed by atoms with van der Waals surface area (Å²) in [4.78, 5) is 20.1. The first-order chi connectivity index (χ1) is 17.3. The minimum atomic E-state index is -0.380. The van der Waals surface area contributed by atoms with Crippen molar-refractivity contribution in [1.29, 1.82) is 0 Å². The molecule has 8 nitrogen and oxygen atoms in total. The Hall–Kier alpha value is -3.10. The first-order valence-electron chi connectivity index (χ1n) is 12.3. The van der Waals surface area contributed by atoms with Gasteiger partial charge in [0.1, 0.15) is 17.1 Å². The number of carbonyl (C=O) groups excluding carboxylic acids is 1. The van der Waals surface area contributed by atoms with Crippen LogP contribution < -0.4 is 14.8 Å². The van der Waals surface area contributed by atoms with Gasteiger partial charge >= 0.3 is 0 Å². The molecule has 2 unspecified atom stereocenters. The van der Waals surface area contributed by atoms with E-state index >= 15 is 0 Å². The van der Waals surface area contributed by atoms with Crippen LogP contribution in [0.3, 0.4) is 0 Å². The number of hydrogen-bond acceptors (Lipinski definition) is 7. The summed E-state index contributed by atoms with van der Waals surface area (Å²) in [5, 5.41) is 7.97. The zero-order valence-electron chi connectivity index (χ0n) is 20.8. The molecule has 0 bridgehead atoms. The molecule has 2 aliphatic rings. The number of ether oxygens (including phenoxy) is 2. The lowest BCUT2D eigenvalue weighted by atomic mass is 9.88. The SMILES string of the molecule is COc1ccc2c(c1)C(NC(=O)C1CCCN(Cc3nc(-c4ccccc4Cl)no3)C1)CC(C)(C)O2. The fourth-order valence-electron chi connectivity index (χ4n) is 5.05. The van der Waals surface area contributed by atoms with Crippen LogP contribution in [0.2, 0.25) is 5.02 Å². The van der Waals surface area contributed by atoms with Gasteiger partial charge in [0.05, 0.1) is 30.6 Å². The second-order valence-corrected chi connectivity index (χ2v) is 10.5. The molecular formula is C27H31ClN4O4. The fourth-order valence-corrected chi connectivity index (χ4v) is 5.27. The molecule has 190 valence electrons. The highest BCUT2D eigenvalue weighted by Crippen LogP contribution is 2.41. The average molecular weight is 511 g/mol. The van der Waals surface area contributed by atoms with Crippen LogP contribution in [0.1, 0.15) is 50.6 Å². The molecule has 0 radical (unpaired) electrons. The van der Waals surface area contributed by atoms with Crippen LogP contribution >= 0.6 is 11.6 Å². The lowest BCUT2D eigenvalue weighted by Gasteiger charge is -2.39. The van der Waals surface area contributed by atoms with Crippen molar-refractivity contribution in [2.45, 2.75) is 51.3 Å². The van der Waals surface area contributed by atoms with Gasteiger partial charge in [-0.3, -0.25) is 9.69 Å². The number of aromatic nitrogens is 2. The van der Waals surface area contributed by atoms with Crippen molar-refractivity contribution in [3.63, 3.8) is 0 Å². The van der Waals surface area contributed by atoms with Crippen molar-refractivity contribution in [2.75, 3.05) is 20.2 Å². The summed E-state index contributed by atoms with van der Waals surface area (Å²) >= 11 is 6.27. The van der Waals surface area contributed by atoms with Gasteiger partial charge in [0.25, 0.3) is 0 Å². The first kappa shape index (κ1) is 24.6. The van der Waals surface area contributed by atoms with Gasteiger partial charge in [-0.1, -0.05) is 28.9 Å². The molecule has 0 saturated carbocycles. The van der Waals surface area contributed by atoms with Crippen molar-refractivity contribution in [3.05, 3.63) is 58.9 Å². The Bertz CT molecular complexity index is 1240. The number of methoxy groups -OCH3 is 1. The Balaban J connectivity index is 1.25. The number of likely N-dealkylation sites (tertiary alicyclic amines) is 1. The highest BCUT2D eigenvalue weighted by atomic mass is 35.5. The third-order valence-electron chi connectivity index (χ3n) is 6.81. The minimum absolute atomic E-state index is 0.0541. The summed E-state index contributed by atoms with van der Waals surface area (Å²) in [5.74, 6) is 2.45. The number of halogens is 1. The number of benzene rings is 2. The molecule has 3 heterocycles. The molecule has 2 aliphatic heterocycles. The van der Waals surface area contributed by atoms with Gasteiger partial charge in [0.2, 0.25) is 17.6 Å². The van der Waals surface area contributed by atoms with Crippen LogP contribution in [0.25, 0.3) is 11.4 Å². The van der Waals surface area contributed by atoms with Crippen molar-refractivity contribution in [2.24, 2.45) is 5.92 Å². The summed E-state index contributed by atoms with van der Waals surface area (Å²) in [7, 11) is 1.64. The van der Waals surface area contributed by atoms with E-state index in [4.69, 9.17) is 25.6 Å². The lowest BCUT2D eigenvalue weighted by molar-refractivity contribution is -0.128.